The molecular weight excluding hydrogens is 338 g/mol. The van der Waals surface area contributed by atoms with E-state index in [2.05, 4.69) is 59.0 Å². The summed E-state index contributed by atoms with van der Waals surface area (Å²) >= 11 is 0. The average molecular weight is 370 g/mol. The molecule has 0 radical (unpaired) electrons. The minimum atomic E-state index is -0.318. The van der Waals surface area contributed by atoms with Crippen LogP contribution in [0.3, 0.4) is 0 Å². The number of rotatable bonds is 3. The van der Waals surface area contributed by atoms with Crippen molar-refractivity contribution >= 4 is 5.69 Å². The zero-order chi connectivity index (χ0) is 20.0. The second-order valence-electron chi connectivity index (χ2n) is 9.13. The number of benzene rings is 2. The van der Waals surface area contributed by atoms with Crippen LogP contribution in [0.25, 0.3) is 0 Å². The summed E-state index contributed by atoms with van der Waals surface area (Å²) in [6.07, 6.45) is -0.318. The van der Waals surface area contributed by atoms with Crippen LogP contribution in [-0.4, -0.2) is 14.2 Å². The molecule has 4 heteroatoms. The maximum absolute atomic E-state index is 6.41. The van der Waals surface area contributed by atoms with Crippen molar-refractivity contribution in [1.29, 1.82) is 0 Å². The van der Waals surface area contributed by atoms with Gasteiger partial charge in [-0.3, -0.25) is 0 Å². The molecule has 0 unspecified atom stereocenters. The van der Waals surface area contributed by atoms with E-state index >= 15 is 0 Å². The van der Waals surface area contributed by atoms with Crippen molar-refractivity contribution in [2.45, 2.75) is 58.6 Å². The number of hydrogen-bond acceptors (Lipinski definition) is 4. The third-order valence-electron chi connectivity index (χ3n) is 5.00. The second-order valence-corrected chi connectivity index (χ2v) is 9.13. The topological polar surface area (TPSA) is 39.7 Å². The van der Waals surface area contributed by atoms with Gasteiger partial charge >= 0.3 is 0 Å². The van der Waals surface area contributed by atoms with Crippen LogP contribution in [-0.2, 0) is 10.8 Å². The Hall–Kier alpha value is -2.36. The highest BCUT2D eigenvalue weighted by Gasteiger charge is 2.34. The summed E-state index contributed by atoms with van der Waals surface area (Å²) in [6.45, 7) is 13.4. The van der Waals surface area contributed by atoms with E-state index in [4.69, 9.17) is 14.2 Å². The lowest BCUT2D eigenvalue weighted by Crippen LogP contribution is -2.17. The Morgan fingerprint density at radius 3 is 2.19 bits per heavy atom. The number of ether oxygens (including phenoxy) is 3. The van der Waals surface area contributed by atoms with Gasteiger partial charge in [0.1, 0.15) is 5.75 Å². The van der Waals surface area contributed by atoms with Crippen molar-refractivity contribution in [3.63, 3.8) is 0 Å². The molecule has 0 saturated carbocycles. The van der Waals surface area contributed by atoms with Gasteiger partial charge in [-0.2, -0.15) is 0 Å². The predicted octanol–water partition coefficient (Wildman–Crippen LogP) is 5.80. The van der Waals surface area contributed by atoms with E-state index in [-0.39, 0.29) is 17.1 Å². The highest BCUT2D eigenvalue weighted by Crippen LogP contribution is 2.49. The molecule has 27 heavy (non-hydrogen) atoms. The van der Waals surface area contributed by atoms with Crippen molar-refractivity contribution in [2.24, 2.45) is 0 Å². The lowest BCUT2D eigenvalue weighted by atomic mass is 9.80. The Balaban J connectivity index is 2.09. The molecule has 2 aromatic carbocycles. The van der Waals surface area contributed by atoms with E-state index in [0.29, 0.717) is 11.5 Å². The minimum absolute atomic E-state index is 0.0274. The molecule has 4 nitrogen and oxygen atoms in total. The number of fused-ring (bicyclic) bond motifs is 1. The van der Waals surface area contributed by atoms with Gasteiger partial charge in [0, 0.05) is 5.56 Å². The first kappa shape index (κ1) is 19.4. The maximum atomic E-state index is 6.41. The Morgan fingerprint density at radius 2 is 1.63 bits per heavy atom. The predicted molar refractivity (Wildman–Crippen MR) is 110 cm³/mol. The van der Waals surface area contributed by atoms with Crippen LogP contribution >= 0.6 is 0 Å². The fourth-order valence-corrected chi connectivity index (χ4v) is 3.40. The molecule has 1 aliphatic rings. The average Bonchev–Trinajstić information content (AvgIpc) is 3.02. The van der Waals surface area contributed by atoms with Crippen molar-refractivity contribution < 1.29 is 14.2 Å². The highest BCUT2D eigenvalue weighted by molar-refractivity contribution is 5.68. The molecule has 1 atom stereocenters. The first-order valence-electron chi connectivity index (χ1n) is 9.39. The Bertz CT molecular complexity index is 844. The van der Waals surface area contributed by atoms with Crippen LogP contribution < -0.4 is 19.5 Å². The summed E-state index contributed by atoms with van der Waals surface area (Å²) in [5.41, 5.74) is 4.48. The van der Waals surface area contributed by atoms with E-state index in [9.17, 15) is 0 Å². The Kier molecular flexibility index (Phi) is 4.79. The van der Waals surface area contributed by atoms with Gasteiger partial charge in [-0.25, -0.2) is 0 Å². The molecule has 0 aliphatic carbocycles. The van der Waals surface area contributed by atoms with E-state index in [0.717, 1.165) is 17.0 Å². The van der Waals surface area contributed by atoms with Gasteiger partial charge < -0.3 is 19.5 Å². The van der Waals surface area contributed by atoms with Crippen LogP contribution in [0, 0.1) is 0 Å². The van der Waals surface area contributed by atoms with E-state index in [1.807, 2.05) is 18.2 Å². The second kappa shape index (κ2) is 6.66. The van der Waals surface area contributed by atoms with Crippen LogP contribution in [0.2, 0.25) is 0 Å². The van der Waals surface area contributed by atoms with Crippen LogP contribution in [0.4, 0.5) is 5.69 Å². The number of methoxy groups -OCH3 is 2. The quantitative estimate of drug-likeness (QED) is 0.742. The zero-order valence-electron chi connectivity index (χ0n) is 17.7. The van der Waals surface area contributed by atoms with Crippen molar-refractivity contribution in [1.82, 2.24) is 0 Å². The van der Waals surface area contributed by atoms with Gasteiger partial charge in [-0.05, 0) is 34.6 Å². The first-order chi connectivity index (χ1) is 12.6. The lowest BCUT2D eigenvalue weighted by Gasteiger charge is -2.26. The summed E-state index contributed by atoms with van der Waals surface area (Å²) in [5, 5.41) is 3.54. The smallest absolute Gasteiger partial charge is 0.200 e. The monoisotopic (exact) mass is 369 g/mol. The zero-order valence-corrected chi connectivity index (χ0v) is 17.7. The highest BCUT2D eigenvalue weighted by atomic mass is 16.5. The molecule has 0 aromatic heterocycles. The van der Waals surface area contributed by atoms with Crippen LogP contribution in [0.5, 0.6) is 17.2 Å². The van der Waals surface area contributed by atoms with E-state index in [1.54, 1.807) is 14.2 Å². The van der Waals surface area contributed by atoms with Gasteiger partial charge in [0.05, 0.1) is 25.5 Å². The third-order valence-corrected chi connectivity index (χ3v) is 5.00. The number of nitrogens with one attached hydrogen (secondary N) is 1. The largest absolute Gasteiger partial charge is 0.493 e. The molecule has 2 aromatic rings. The number of hydrogen-bond donors (Lipinski definition) is 1. The molecule has 146 valence electrons. The van der Waals surface area contributed by atoms with Gasteiger partial charge in [0.2, 0.25) is 0 Å². The molecule has 1 aliphatic heterocycles. The molecule has 0 fully saturated rings. The van der Waals surface area contributed by atoms with Crippen molar-refractivity contribution in [3.05, 3.63) is 47.0 Å². The summed E-state index contributed by atoms with van der Waals surface area (Å²) in [5.74, 6) is 2.31. The first-order valence-corrected chi connectivity index (χ1v) is 9.39. The summed E-state index contributed by atoms with van der Waals surface area (Å²) < 4.78 is 17.5. The van der Waals surface area contributed by atoms with Gasteiger partial charge in [-0.15, -0.1) is 0 Å². The van der Waals surface area contributed by atoms with Gasteiger partial charge in [0.25, 0.3) is 0 Å². The molecule has 0 amide bonds. The Labute approximate surface area is 162 Å². The molecule has 1 N–H and O–H groups in total. The normalized spacial score (nSPS) is 16.4. The molecule has 3 rings (SSSR count). The minimum Gasteiger partial charge on any atom is -0.493 e. The standard InChI is InChI=1S/C23H31NO3/c1-22(2,3)14-12-16(23(4,5)6)20-17(13-14)24-21(27-20)15-10-9-11-18(25-7)19(15)26-8/h9-13,21,24H,1-8H3/t21-/m1/s1. The van der Waals surface area contributed by atoms with E-state index < -0.39 is 0 Å². The van der Waals surface area contributed by atoms with Crippen molar-refractivity contribution in [2.75, 3.05) is 19.5 Å². The van der Waals surface area contributed by atoms with E-state index in [1.165, 1.54) is 11.1 Å². The fourth-order valence-electron chi connectivity index (χ4n) is 3.40. The van der Waals surface area contributed by atoms with Crippen LogP contribution in [0.15, 0.2) is 30.3 Å². The molecule has 0 saturated heterocycles. The third kappa shape index (κ3) is 3.58. The number of para-hydroxylation sites is 1. The molecular formula is C23H31NO3. The molecule has 1 heterocycles. The maximum Gasteiger partial charge on any atom is 0.200 e. The SMILES string of the molecule is COc1cccc([C@@H]2Nc3cc(C(C)(C)C)cc(C(C)(C)C)c3O2)c1OC. The van der Waals surface area contributed by atoms with Crippen molar-refractivity contribution in [3.8, 4) is 17.2 Å². The summed E-state index contributed by atoms with van der Waals surface area (Å²) in [7, 11) is 3.30. The lowest BCUT2D eigenvalue weighted by molar-refractivity contribution is 0.244. The van der Waals surface area contributed by atoms with Gasteiger partial charge in [0.15, 0.2) is 17.7 Å². The molecule has 0 bridgehead atoms. The molecule has 0 spiro atoms. The summed E-state index contributed by atoms with van der Waals surface area (Å²) in [4.78, 5) is 0. The van der Waals surface area contributed by atoms with Crippen LogP contribution in [0.1, 0.15) is 64.5 Å². The van der Waals surface area contributed by atoms with Gasteiger partial charge in [-0.1, -0.05) is 53.7 Å². The number of anilines is 1. The fraction of sp³-hybridized carbons (Fsp3) is 0.478. The Morgan fingerprint density at radius 1 is 0.926 bits per heavy atom. The summed E-state index contributed by atoms with van der Waals surface area (Å²) in [6, 6.07) is 10.3.